The van der Waals surface area contributed by atoms with Crippen molar-refractivity contribution in [3.8, 4) is 0 Å². The topological polar surface area (TPSA) is 29.1 Å². The fourth-order valence-electron chi connectivity index (χ4n) is 0.859. The van der Waals surface area contributed by atoms with Crippen LogP contribution in [0, 0.1) is 0 Å². The Hall–Kier alpha value is -1.05. The van der Waals surface area contributed by atoms with E-state index in [1.165, 1.54) is 6.92 Å². The highest BCUT2D eigenvalue weighted by atomic mass is 16.1. The standard InChI is InChI=1S/C9H15NO/c1-4-6-9(7-5-2)10-8(3)11/h4-5,7,9H,1,6H2,2-3H3,(H,10,11)/b7-5+. The summed E-state index contributed by atoms with van der Waals surface area (Å²) in [6.45, 7) is 7.05. The number of amides is 1. The highest BCUT2D eigenvalue weighted by molar-refractivity contribution is 5.73. The van der Waals surface area contributed by atoms with Crippen molar-refractivity contribution in [2.45, 2.75) is 26.3 Å². The summed E-state index contributed by atoms with van der Waals surface area (Å²) in [4.78, 5) is 10.6. The first-order valence-corrected chi connectivity index (χ1v) is 3.71. The van der Waals surface area contributed by atoms with Crippen molar-refractivity contribution in [3.63, 3.8) is 0 Å². The molecule has 0 heterocycles. The van der Waals surface area contributed by atoms with Crippen LogP contribution in [0.5, 0.6) is 0 Å². The van der Waals surface area contributed by atoms with Crippen LogP contribution in [0.15, 0.2) is 24.8 Å². The van der Waals surface area contributed by atoms with Gasteiger partial charge in [0.1, 0.15) is 0 Å². The summed E-state index contributed by atoms with van der Waals surface area (Å²) < 4.78 is 0. The molecule has 62 valence electrons. The Bertz CT molecular complexity index is 161. The van der Waals surface area contributed by atoms with Crippen molar-refractivity contribution >= 4 is 5.91 Å². The zero-order valence-electron chi connectivity index (χ0n) is 7.13. The molecule has 0 spiro atoms. The molecular weight excluding hydrogens is 138 g/mol. The van der Waals surface area contributed by atoms with Crippen LogP contribution < -0.4 is 5.32 Å². The van der Waals surface area contributed by atoms with Crippen molar-refractivity contribution in [3.05, 3.63) is 24.8 Å². The maximum absolute atomic E-state index is 10.6. The molecule has 0 aliphatic rings. The van der Waals surface area contributed by atoms with Crippen LogP contribution in [0.4, 0.5) is 0 Å². The van der Waals surface area contributed by atoms with Crippen molar-refractivity contribution in [2.24, 2.45) is 0 Å². The molecule has 0 saturated heterocycles. The minimum Gasteiger partial charge on any atom is -0.350 e. The molecule has 0 radical (unpaired) electrons. The average molecular weight is 153 g/mol. The molecule has 0 aromatic rings. The van der Waals surface area contributed by atoms with Crippen LogP contribution in [-0.2, 0) is 4.79 Å². The van der Waals surface area contributed by atoms with Gasteiger partial charge in [-0.3, -0.25) is 4.79 Å². The van der Waals surface area contributed by atoms with Gasteiger partial charge in [0, 0.05) is 6.92 Å². The number of hydrogen-bond donors (Lipinski definition) is 1. The van der Waals surface area contributed by atoms with Crippen LogP contribution in [-0.4, -0.2) is 11.9 Å². The van der Waals surface area contributed by atoms with E-state index in [1.54, 1.807) is 6.08 Å². The molecule has 0 bridgehead atoms. The minimum atomic E-state index is -0.00468. The molecule has 1 amide bonds. The number of rotatable bonds is 4. The first-order valence-electron chi connectivity index (χ1n) is 3.71. The van der Waals surface area contributed by atoms with Crippen molar-refractivity contribution in [1.29, 1.82) is 0 Å². The van der Waals surface area contributed by atoms with Gasteiger partial charge in [-0.2, -0.15) is 0 Å². The van der Waals surface area contributed by atoms with E-state index in [0.29, 0.717) is 0 Å². The Labute approximate surface area is 68.0 Å². The van der Waals surface area contributed by atoms with E-state index in [9.17, 15) is 4.79 Å². The molecular formula is C9H15NO. The maximum atomic E-state index is 10.6. The smallest absolute Gasteiger partial charge is 0.217 e. The maximum Gasteiger partial charge on any atom is 0.217 e. The molecule has 0 aromatic heterocycles. The van der Waals surface area contributed by atoms with E-state index in [4.69, 9.17) is 0 Å². The van der Waals surface area contributed by atoms with Crippen molar-refractivity contribution < 1.29 is 4.79 Å². The number of nitrogens with one attached hydrogen (secondary N) is 1. The van der Waals surface area contributed by atoms with Crippen LogP contribution in [0.2, 0.25) is 0 Å². The van der Waals surface area contributed by atoms with Gasteiger partial charge >= 0.3 is 0 Å². The third kappa shape index (κ3) is 5.40. The zero-order chi connectivity index (χ0) is 8.69. The number of carbonyl (C=O) groups is 1. The minimum absolute atomic E-state index is 0.00468. The fourth-order valence-corrected chi connectivity index (χ4v) is 0.859. The second-order valence-electron chi connectivity index (χ2n) is 2.36. The van der Waals surface area contributed by atoms with Gasteiger partial charge in [0.05, 0.1) is 6.04 Å². The predicted molar refractivity (Wildman–Crippen MR) is 47.2 cm³/mol. The first kappa shape index (κ1) is 9.95. The summed E-state index contributed by atoms with van der Waals surface area (Å²) in [7, 11) is 0. The van der Waals surface area contributed by atoms with Gasteiger partial charge in [-0.05, 0) is 13.3 Å². The molecule has 0 aromatic carbocycles. The zero-order valence-corrected chi connectivity index (χ0v) is 7.13. The molecule has 1 unspecified atom stereocenters. The molecule has 0 saturated carbocycles. The van der Waals surface area contributed by atoms with Crippen LogP contribution >= 0.6 is 0 Å². The Morgan fingerprint density at radius 1 is 1.73 bits per heavy atom. The molecule has 2 nitrogen and oxygen atoms in total. The Balaban J connectivity index is 3.87. The highest BCUT2D eigenvalue weighted by Gasteiger charge is 2.01. The van der Waals surface area contributed by atoms with E-state index >= 15 is 0 Å². The van der Waals surface area contributed by atoms with E-state index in [1.807, 2.05) is 19.1 Å². The number of allylic oxidation sites excluding steroid dienone is 1. The number of hydrogen-bond acceptors (Lipinski definition) is 1. The monoisotopic (exact) mass is 153 g/mol. The molecule has 1 atom stereocenters. The van der Waals surface area contributed by atoms with Crippen LogP contribution in [0.3, 0.4) is 0 Å². The van der Waals surface area contributed by atoms with Gasteiger partial charge in [0.15, 0.2) is 0 Å². The van der Waals surface area contributed by atoms with Gasteiger partial charge in [-0.15, -0.1) is 6.58 Å². The predicted octanol–water partition coefficient (Wildman–Crippen LogP) is 1.64. The molecule has 0 aliphatic heterocycles. The third-order valence-corrected chi connectivity index (χ3v) is 1.23. The average Bonchev–Trinajstić information content (AvgIpc) is 1.87. The lowest BCUT2D eigenvalue weighted by Crippen LogP contribution is -2.30. The van der Waals surface area contributed by atoms with E-state index in [-0.39, 0.29) is 11.9 Å². The van der Waals surface area contributed by atoms with Crippen LogP contribution in [0.25, 0.3) is 0 Å². The molecule has 11 heavy (non-hydrogen) atoms. The largest absolute Gasteiger partial charge is 0.350 e. The fraction of sp³-hybridized carbons (Fsp3) is 0.444. The van der Waals surface area contributed by atoms with Crippen molar-refractivity contribution in [1.82, 2.24) is 5.32 Å². The van der Waals surface area contributed by atoms with Gasteiger partial charge in [0.2, 0.25) is 5.91 Å². The summed E-state index contributed by atoms with van der Waals surface area (Å²) in [5.74, 6) is -0.00468. The first-order chi connectivity index (χ1) is 5.20. The number of carbonyl (C=O) groups excluding carboxylic acids is 1. The van der Waals surface area contributed by atoms with Gasteiger partial charge in [-0.1, -0.05) is 18.2 Å². The normalized spacial score (nSPS) is 12.9. The highest BCUT2D eigenvalue weighted by Crippen LogP contribution is 1.94. The second-order valence-corrected chi connectivity index (χ2v) is 2.36. The molecule has 0 rings (SSSR count). The summed E-state index contributed by atoms with van der Waals surface area (Å²) in [5, 5.41) is 2.78. The summed E-state index contributed by atoms with van der Waals surface area (Å²) >= 11 is 0. The summed E-state index contributed by atoms with van der Waals surface area (Å²) in [6, 6.07) is 0.106. The Kier molecular flexibility index (Phi) is 5.17. The lowest BCUT2D eigenvalue weighted by atomic mass is 10.2. The lowest BCUT2D eigenvalue weighted by molar-refractivity contribution is -0.119. The Morgan fingerprint density at radius 2 is 2.36 bits per heavy atom. The van der Waals surface area contributed by atoms with Crippen molar-refractivity contribution in [2.75, 3.05) is 0 Å². The van der Waals surface area contributed by atoms with E-state index in [2.05, 4.69) is 11.9 Å². The van der Waals surface area contributed by atoms with Crippen LogP contribution in [0.1, 0.15) is 20.3 Å². The SMILES string of the molecule is C=CCC(/C=C/C)NC(C)=O. The second kappa shape index (κ2) is 5.71. The van der Waals surface area contributed by atoms with E-state index < -0.39 is 0 Å². The molecule has 2 heteroatoms. The quantitative estimate of drug-likeness (QED) is 0.611. The summed E-state index contributed by atoms with van der Waals surface area (Å²) in [6.07, 6.45) is 6.44. The molecule has 0 aliphatic carbocycles. The lowest BCUT2D eigenvalue weighted by Gasteiger charge is -2.10. The van der Waals surface area contributed by atoms with Gasteiger partial charge < -0.3 is 5.32 Å². The third-order valence-electron chi connectivity index (χ3n) is 1.23. The van der Waals surface area contributed by atoms with E-state index in [0.717, 1.165) is 6.42 Å². The summed E-state index contributed by atoms with van der Waals surface area (Å²) in [5.41, 5.74) is 0. The van der Waals surface area contributed by atoms with Gasteiger partial charge in [-0.25, -0.2) is 0 Å². The van der Waals surface area contributed by atoms with Gasteiger partial charge in [0.25, 0.3) is 0 Å². The molecule has 0 fully saturated rings. The molecule has 1 N–H and O–H groups in total. The Morgan fingerprint density at radius 3 is 2.73 bits per heavy atom.